The molecule has 0 radical (unpaired) electrons. The molecule has 4 N–H and O–H groups in total. The third-order valence-corrected chi connectivity index (χ3v) is 5.54. The minimum Gasteiger partial charge on any atom is -0.356 e. The molecule has 0 saturated carbocycles. The Kier molecular flexibility index (Phi) is 6.56. The standard InChI is InChI=1S/C15H19N5O2S2/c1-9(2)11(12(21)18-13(16)22)23-15-20-19-14(24-15)17-8-10-6-4-3-5-7-10/h3-7,9,11H,8H2,1-2H3,(H,17,19)(H3,16,18,21,22)/t11-/m0/s1. The number of carbonyl (C=O) groups excluding carboxylic acids is 2. The fourth-order valence-corrected chi connectivity index (χ4v) is 3.85. The average molecular weight is 365 g/mol. The van der Waals surface area contributed by atoms with Gasteiger partial charge in [-0.25, -0.2) is 4.79 Å². The number of rotatable bonds is 7. The monoisotopic (exact) mass is 365 g/mol. The predicted molar refractivity (Wildman–Crippen MR) is 95.9 cm³/mol. The van der Waals surface area contributed by atoms with E-state index in [1.165, 1.54) is 23.1 Å². The van der Waals surface area contributed by atoms with Crippen molar-refractivity contribution >= 4 is 40.2 Å². The summed E-state index contributed by atoms with van der Waals surface area (Å²) in [7, 11) is 0. The highest BCUT2D eigenvalue weighted by Crippen LogP contribution is 2.32. The van der Waals surface area contributed by atoms with Gasteiger partial charge in [-0.05, 0) is 11.5 Å². The number of nitrogens with zero attached hydrogens (tertiary/aromatic N) is 2. The van der Waals surface area contributed by atoms with E-state index in [1.807, 2.05) is 44.2 Å². The summed E-state index contributed by atoms with van der Waals surface area (Å²) in [4.78, 5) is 22.9. The molecule has 0 spiro atoms. The smallest absolute Gasteiger partial charge is 0.318 e. The van der Waals surface area contributed by atoms with Gasteiger partial charge in [0.25, 0.3) is 0 Å². The van der Waals surface area contributed by atoms with E-state index in [0.717, 1.165) is 5.56 Å². The normalized spacial score (nSPS) is 12.0. The first-order valence-electron chi connectivity index (χ1n) is 7.34. The summed E-state index contributed by atoms with van der Waals surface area (Å²) < 4.78 is 0.656. The maximum Gasteiger partial charge on any atom is 0.318 e. The summed E-state index contributed by atoms with van der Waals surface area (Å²) in [5.41, 5.74) is 6.15. The lowest BCUT2D eigenvalue weighted by atomic mass is 10.1. The van der Waals surface area contributed by atoms with Gasteiger partial charge >= 0.3 is 6.03 Å². The number of urea groups is 1. The van der Waals surface area contributed by atoms with Gasteiger partial charge in [-0.3, -0.25) is 10.1 Å². The molecule has 1 aromatic carbocycles. The number of benzene rings is 1. The van der Waals surface area contributed by atoms with Crippen molar-refractivity contribution in [2.45, 2.75) is 30.0 Å². The Morgan fingerprint density at radius 2 is 1.96 bits per heavy atom. The van der Waals surface area contributed by atoms with Crippen molar-refractivity contribution in [2.24, 2.45) is 11.7 Å². The summed E-state index contributed by atoms with van der Waals surface area (Å²) >= 11 is 2.64. The van der Waals surface area contributed by atoms with E-state index in [2.05, 4.69) is 20.8 Å². The van der Waals surface area contributed by atoms with Gasteiger partial charge in [0.2, 0.25) is 11.0 Å². The zero-order valence-electron chi connectivity index (χ0n) is 13.4. The molecule has 2 aromatic rings. The fraction of sp³-hybridized carbons (Fsp3) is 0.333. The molecule has 0 unspecified atom stereocenters. The van der Waals surface area contributed by atoms with Crippen molar-refractivity contribution < 1.29 is 9.59 Å². The lowest BCUT2D eigenvalue weighted by Crippen LogP contribution is -2.42. The van der Waals surface area contributed by atoms with E-state index >= 15 is 0 Å². The fourth-order valence-electron chi connectivity index (χ4n) is 1.90. The number of hydrogen-bond acceptors (Lipinski definition) is 7. The van der Waals surface area contributed by atoms with Crippen molar-refractivity contribution in [3.05, 3.63) is 35.9 Å². The number of hydrogen-bond donors (Lipinski definition) is 3. The SMILES string of the molecule is CC(C)[C@H](Sc1nnc(NCc2ccccc2)s1)C(=O)NC(N)=O. The van der Waals surface area contributed by atoms with Crippen LogP contribution < -0.4 is 16.4 Å². The first-order valence-corrected chi connectivity index (χ1v) is 9.03. The zero-order valence-corrected chi connectivity index (χ0v) is 15.0. The van der Waals surface area contributed by atoms with Gasteiger partial charge < -0.3 is 11.1 Å². The molecule has 0 saturated heterocycles. The Bertz CT molecular complexity index is 690. The third-order valence-electron chi connectivity index (χ3n) is 3.03. The molecule has 1 heterocycles. The van der Waals surface area contributed by atoms with E-state index in [1.54, 1.807) is 0 Å². The summed E-state index contributed by atoms with van der Waals surface area (Å²) in [5, 5.41) is 13.7. The summed E-state index contributed by atoms with van der Waals surface area (Å²) in [6.45, 7) is 4.44. The number of imide groups is 1. The predicted octanol–water partition coefficient (Wildman–Crippen LogP) is 2.46. The van der Waals surface area contributed by atoms with E-state index in [4.69, 9.17) is 5.73 Å². The molecule has 1 atom stereocenters. The Morgan fingerprint density at radius 1 is 1.25 bits per heavy atom. The number of aromatic nitrogens is 2. The van der Waals surface area contributed by atoms with Crippen LogP contribution in [0.4, 0.5) is 9.93 Å². The maximum absolute atomic E-state index is 12.0. The molecular formula is C15H19N5O2S2. The van der Waals surface area contributed by atoms with Crippen LogP contribution in [0.1, 0.15) is 19.4 Å². The Hall–Kier alpha value is -2.13. The molecule has 0 aliphatic heterocycles. The van der Waals surface area contributed by atoms with Crippen LogP contribution in [0.15, 0.2) is 34.7 Å². The summed E-state index contributed by atoms with van der Waals surface area (Å²) in [6, 6.07) is 9.10. The molecule has 0 fully saturated rings. The van der Waals surface area contributed by atoms with Gasteiger partial charge in [0.15, 0.2) is 4.34 Å². The molecule has 0 aliphatic carbocycles. The van der Waals surface area contributed by atoms with Gasteiger partial charge in [0.1, 0.15) is 0 Å². The van der Waals surface area contributed by atoms with Crippen molar-refractivity contribution in [2.75, 3.05) is 5.32 Å². The zero-order chi connectivity index (χ0) is 17.5. The van der Waals surface area contributed by atoms with Gasteiger partial charge in [0, 0.05) is 6.54 Å². The minimum absolute atomic E-state index is 0.0129. The molecule has 128 valence electrons. The van der Waals surface area contributed by atoms with Crippen molar-refractivity contribution in [1.82, 2.24) is 15.5 Å². The van der Waals surface area contributed by atoms with Crippen LogP contribution in [0.3, 0.4) is 0 Å². The maximum atomic E-state index is 12.0. The Labute approximate surface area is 148 Å². The molecule has 3 amide bonds. The van der Waals surface area contributed by atoms with Crippen LogP contribution in [0.5, 0.6) is 0 Å². The number of nitrogens with two attached hydrogens (primary N) is 1. The first kappa shape index (κ1) is 18.2. The number of amides is 3. The lowest BCUT2D eigenvalue weighted by molar-refractivity contribution is -0.120. The average Bonchev–Trinajstić information content (AvgIpc) is 2.98. The molecule has 0 aliphatic rings. The molecule has 0 bridgehead atoms. The highest BCUT2D eigenvalue weighted by Gasteiger charge is 2.26. The van der Waals surface area contributed by atoms with Crippen LogP contribution in [-0.4, -0.2) is 27.4 Å². The van der Waals surface area contributed by atoms with Crippen molar-refractivity contribution in [3.63, 3.8) is 0 Å². The molecule has 1 aromatic heterocycles. The Morgan fingerprint density at radius 3 is 2.58 bits per heavy atom. The van der Waals surface area contributed by atoms with E-state index in [9.17, 15) is 9.59 Å². The molecule has 9 heteroatoms. The van der Waals surface area contributed by atoms with Gasteiger partial charge in [-0.2, -0.15) is 0 Å². The molecule has 7 nitrogen and oxygen atoms in total. The first-order chi connectivity index (χ1) is 11.5. The van der Waals surface area contributed by atoms with Gasteiger partial charge in [0.05, 0.1) is 5.25 Å². The molecule has 2 rings (SSSR count). The van der Waals surface area contributed by atoms with Gasteiger partial charge in [-0.1, -0.05) is 67.3 Å². The van der Waals surface area contributed by atoms with E-state index in [0.29, 0.717) is 16.0 Å². The molecular weight excluding hydrogens is 346 g/mol. The van der Waals surface area contributed by atoms with Gasteiger partial charge in [-0.15, -0.1) is 10.2 Å². The second kappa shape index (κ2) is 8.65. The van der Waals surface area contributed by atoms with Crippen LogP contribution in [0.25, 0.3) is 0 Å². The number of anilines is 1. The van der Waals surface area contributed by atoms with Crippen molar-refractivity contribution in [3.8, 4) is 0 Å². The van der Waals surface area contributed by atoms with Crippen LogP contribution in [0, 0.1) is 5.92 Å². The number of thioether (sulfide) groups is 1. The second-order valence-corrected chi connectivity index (χ2v) is 7.71. The van der Waals surface area contributed by atoms with Crippen molar-refractivity contribution in [1.29, 1.82) is 0 Å². The van der Waals surface area contributed by atoms with E-state index in [-0.39, 0.29) is 5.92 Å². The van der Waals surface area contributed by atoms with E-state index < -0.39 is 17.2 Å². The second-order valence-electron chi connectivity index (χ2n) is 5.35. The number of carbonyl (C=O) groups is 2. The largest absolute Gasteiger partial charge is 0.356 e. The summed E-state index contributed by atoms with van der Waals surface area (Å²) in [5.74, 6) is -0.407. The quantitative estimate of drug-likeness (QED) is 0.650. The minimum atomic E-state index is -0.853. The third kappa shape index (κ3) is 5.50. The van der Waals surface area contributed by atoms with Crippen LogP contribution >= 0.6 is 23.1 Å². The molecule has 24 heavy (non-hydrogen) atoms. The highest BCUT2D eigenvalue weighted by molar-refractivity contribution is 8.02. The lowest BCUT2D eigenvalue weighted by Gasteiger charge is -2.16. The Balaban J connectivity index is 1.95. The van der Waals surface area contributed by atoms with Crippen LogP contribution in [0.2, 0.25) is 0 Å². The topological polar surface area (TPSA) is 110 Å². The summed E-state index contributed by atoms with van der Waals surface area (Å²) in [6.07, 6.45) is 0. The number of nitrogens with one attached hydrogen (secondary N) is 2. The number of primary amides is 1. The van der Waals surface area contributed by atoms with Crippen LogP contribution in [-0.2, 0) is 11.3 Å². The highest BCUT2D eigenvalue weighted by atomic mass is 32.2.